The van der Waals surface area contributed by atoms with Crippen molar-refractivity contribution in [1.29, 1.82) is 0 Å². The molecule has 0 spiro atoms. The van der Waals surface area contributed by atoms with Crippen molar-refractivity contribution in [3.05, 3.63) is 87.4 Å². The largest absolute Gasteiger partial charge is 0.499 e. The lowest BCUT2D eigenvalue weighted by Crippen LogP contribution is -2.26. The van der Waals surface area contributed by atoms with Crippen LogP contribution in [0.3, 0.4) is 0 Å². The molecular formula is C20H20BBrN2O2S2. The number of halogens is 1. The molecule has 4 nitrogen and oxygen atoms in total. The Bertz CT molecular complexity index is 947. The topological polar surface area (TPSA) is 66.2 Å². The molecule has 0 fully saturated rings. The maximum atomic E-state index is 8.60. The van der Waals surface area contributed by atoms with Gasteiger partial charge in [-0.3, -0.25) is 4.98 Å². The van der Waals surface area contributed by atoms with Gasteiger partial charge < -0.3 is 10.0 Å². The van der Waals surface area contributed by atoms with Crippen molar-refractivity contribution in [2.24, 2.45) is 0 Å². The molecule has 0 amide bonds. The van der Waals surface area contributed by atoms with Gasteiger partial charge >= 0.3 is 7.12 Å². The van der Waals surface area contributed by atoms with E-state index >= 15 is 0 Å². The second kappa shape index (κ2) is 11.9. The summed E-state index contributed by atoms with van der Waals surface area (Å²) in [5.74, 6) is 0. The number of nitrogens with zero attached hydrogens (tertiary/aromatic N) is 2. The van der Waals surface area contributed by atoms with Gasteiger partial charge in [-0.2, -0.15) is 0 Å². The highest BCUT2D eigenvalue weighted by Gasteiger charge is 2.11. The lowest BCUT2D eigenvalue weighted by Gasteiger charge is -1.92. The summed E-state index contributed by atoms with van der Waals surface area (Å²) < 4.78 is 1.49. The molecule has 4 rings (SSSR count). The van der Waals surface area contributed by atoms with Gasteiger partial charge in [0.05, 0.1) is 10.6 Å². The van der Waals surface area contributed by atoms with Crippen molar-refractivity contribution in [1.82, 2.24) is 9.97 Å². The van der Waals surface area contributed by atoms with Crippen LogP contribution >= 0.6 is 38.6 Å². The van der Waals surface area contributed by atoms with Crippen LogP contribution in [0.2, 0.25) is 0 Å². The number of aryl methyl sites for hydroxylation is 2. The van der Waals surface area contributed by atoms with Gasteiger partial charge in [-0.1, -0.05) is 18.2 Å². The Morgan fingerprint density at radius 3 is 1.79 bits per heavy atom. The number of hydrogen-bond acceptors (Lipinski definition) is 6. The summed E-state index contributed by atoms with van der Waals surface area (Å²) in [6, 6.07) is 19.5. The smallest absolute Gasteiger partial charge is 0.423 e. The minimum Gasteiger partial charge on any atom is -0.423 e. The first kappa shape index (κ1) is 22.5. The van der Waals surface area contributed by atoms with Crippen molar-refractivity contribution in [2.75, 3.05) is 0 Å². The second-order valence-corrected chi connectivity index (χ2v) is 9.02. The molecule has 0 bridgehead atoms. The molecule has 0 aliphatic rings. The lowest BCUT2D eigenvalue weighted by atomic mass is 9.90. The molecule has 8 heteroatoms. The molecule has 0 saturated carbocycles. The fourth-order valence-electron chi connectivity index (χ4n) is 2.01. The summed E-state index contributed by atoms with van der Waals surface area (Å²) in [6.07, 6.45) is 3.56. The Morgan fingerprint density at radius 2 is 1.43 bits per heavy atom. The average molecular weight is 475 g/mol. The average Bonchev–Trinajstić information content (AvgIpc) is 3.33. The summed E-state index contributed by atoms with van der Waals surface area (Å²) in [7, 11) is -1.30. The Kier molecular flexibility index (Phi) is 9.53. The van der Waals surface area contributed by atoms with Gasteiger partial charge in [-0.15, -0.1) is 22.7 Å². The van der Waals surface area contributed by atoms with Gasteiger partial charge in [0, 0.05) is 26.9 Å². The van der Waals surface area contributed by atoms with E-state index in [0.29, 0.717) is 4.78 Å². The first-order valence-electron chi connectivity index (χ1n) is 8.42. The van der Waals surface area contributed by atoms with Crippen LogP contribution in [0, 0.1) is 13.8 Å². The standard InChI is InChI=1S/C10H9NS.C5H7BO2S.C5H4BrN/c1-8-5-6-10(12-8)9-4-2-3-7-11-9;1-4-2-3-5(9-4)6(7)8;6-5-3-1-2-4-7-5/h2-7H,1H3;2-3,7-8H,1H3;1-4H. The third-order valence-corrected chi connectivity index (χ3v) is 5.84. The summed E-state index contributed by atoms with van der Waals surface area (Å²) in [4.78, 5) is 11.8. The van der Waals surface area contributed by atoms with E-state index in [1.165, 1.54) is 21.1 Å². The number of rotatable bonds is 2. The Labute approximate surface area is 181 Å². The van der Waals surface area contributed by atoms with E-state index in [1.54, 1.807) is 23.6 Å². The Morgan fingerprint density at radius 1 is 0.786 bits per heavy atom. The first-order chi connectivity index (χ1) is 13.5. The maximum absolute atomic E-state index is 8.60. The molecule has 2 N–H and O–H groups in total. The highest BCUT2D eigenvalue weighted by atomic mass is 79.9. The van der Waals surface area contributed by atoms with Crippen LogP contribution in [0.1, 0.15) is 9.75 Å². The van der Waals surface area contributed by atoms with Gasteiger partial charge in [0.15, 0.2) is 0 Å². The molecule has 0 saturated heterocycles. The van der Waals surface area contributed by atoms with E-state index in [0.717, 1.165) is 15.2 Å². The molecule has 0 atom stereocenters. The third-order valence-electron chi connectivity index (χ3n) is 3.30. The van der Waals surface area contributed by atoms with E-state index in [9.17, 15) is 0 Å². The van der Waals surface area contributed by atoms with E-state index in [4.69, 9.17) is 10.0 Å². The summed E-state index contributed by atoms with van der Waals surface area (Å²) in [5.41, 5.74) is 1.07. The Balaban J connectivity index is 0.000000157. The molecular weight excluding hydrogens is 455 g/mol. The molecule has 0 unspecified atom stereocenters. The minimum atomic E-state index is -1.30. The van der Waals surface area contributed by atoms with Gasteiger partial charge in [-0.05, 0) is 72.2 Å². The summed E-state index contributed by atoms with van der Waals surface area (Å²) in [6.45, 7) is 4.04. The monoisotopic (exact) mass is 474 g/mol. The van der Waals surface area contributed by atoms with Crippen molar-refractivity contribution >= 4 is 50.5 Å². The Hall–Kier alpha value is -1.84. The zero-order chi connectivity index (χ0) is 20.4. The highest BCUT2D eigenvalue weighted by molar-refractivity contribution is 9.10. The van der Waals surface area contributed by atoms with E-state index in [1.807, 2.05) is 55.6 Å². The molecule has 0 aliphatic carbocycles. The van der Waals surface area contributed by atoms with Crippen molar-refractivity contribution < 1.29 is 10.0 Å². The normalized spacial score (nSPS) is 9.61. The molecule has 0 aromatic carbocycles. The number of hydrogen-bond donors (Lipinski definition) is 2. The molecule has 0 aliphatic heterocycles. The molecule has 0 radical (unpaired) electrons. The second-order valence-electron chi connectivity index (χ2n) is 5.60. The molecule has 4 aromatic heterocycles. The van der Waals surface area contributed by atoms with Crippen LogP contribution in [0.15, 0.2) is 77.7 Å². The predicted molar refractivity (Wildman–Crippen MR) is 123 cm³/mol. The first-order valence-corrected chi connectivity index (χ1v) is 10.8. The van der Waals surface area contributed by atoms with Crippen LogP contribution in [-0.4, -0.2) is 27.1 Å². The van der Waals surface area contributed by atoms with E-state index in [2.05, 4.69) is 45.0 Å². The van der Waals surface area contributed by atoms with Crippen molar-refractivity contribution in [3.8, 4) is 10.6 Å². The van der Waals surface area contributed by atoms with E-state index in [-0.39, 0.29) is 0 Å². The zero-order valence-corrected chi connectivity index (χ0v) is 18.7. The number of pyridine rings is 2. The van der Waals surface area contributed by atoms with Crippen LogP contribution in [0.5, 0.6) is 0 Å². The van der Waals surface area contributed by atoms with Crippen molar-refractivity contribution in [2.45, 2.75) is 13.8 Å². The fourth-order valence-corrected chi connectivity index (χ4v) is 3.88. The van der Waals surface area contributed by atoms with Gasteiger partial charge in [-0.25, -0.2) is 4.98 Å². The quantitative estimate of drug-likeness (QED) is 0.326. The number of thiophene rings is 2. The van der Waals surface area contributed by atoms with Crippen LogP contribution in [-0.2, 0) is 0 Å². The molecule has 4 heterocycles. The highest BCUT2D eigenvalue weighted by Crippen LogP contribution is 2.25. The van der Waals surface area contributed by atoms with Crippen molar-refractivity contribution in [3.63, 3.8) is 0 Å². The molecule has 4 aromatic rings. The number of aromatic nitrogens is 2. The fraction of sp³-hybridized carbons (Fsp3) is 0.100. The summed E-state index contributed by atoms with van der Waals surface area (Å²) >= 11 is 6.37. The lowest BCUT2D eigenvalue weighted by molar-refractivity contribution is 0.427. The van der Waals surface area contributed by atoms with Gasteiger partial charge in [0.1, 0.15) is 4.60 Å². The van der Waals surface area contributed by atoms with E-state index < -0.39 is 7.12 Å². The third kappa shape index (κ3) is 8.04. The zero-order valence-electron chi connectivity index (χ0n) is 15.5. The summed E-state index contributed by atoms with van der Waals surface area (Å²) in [5, 5.41) is 17.2. The minimum absolute atomic E-state index is 0.604. The predicted octanol–water partition coefficient (Wildman–Crippen LogP) is 4.70. The van der Waals surface area contributed by atoms with Crippen LogP contribution in [0.4, 0.5) is 0 Å². The maximum Gasteiger partial charge on any atom is 0.499 e. The van der Waals surface area contributed by atoms with Crippen LogP contribution < -0.4 is 4.78 Å². The van der Waals surface area contributed by atoms with Gasteiger partial charge in [0.2, 0.25) is 0 Å². The molecule has 144 valence electrons. The molecule has 28 heavy (non-hydrogen) atoms. The SMILES string of the molecule is Brc1ccccn1.Cc1ccc(-c2ccccn2)s1.Cc1ccc(B(O)O)s1. The van der Waals surface area contributed by atoms with Crippen LogP contribution in [0.25, 0.3) is 10.6 Å². The van der Waals surface area contributed by atoms with Gasteiger partial charge in [0.25, 0.3) is 0 Å².